The van der Waals surface area contributed by atoms with E-state index in [-0.39, 0.29) is 24.4 Å². The van der Waals surface area contributed by atoms with Gasteiger partial charge in [-0.15, -0.1) is 12.4 Å². The van der Waals surface area contributed by atoms with E-state index >= 15 is 0 Å². The summed E-state index contributed by atoms with van der Waals surface area (Å²) >= 11 is 0. The molecule has 1 fully saturated rings. The highest BCUT2D eigenvalue weighted by Crippen LogP contribution is 2.11. The van der Waals surface area contributed by atoms with Gasteiger partial charge >= 0.3 is 0 Å². The molecule has 2 aliphatic rings. The molecule has 0 aromatic rings. The van der Waals surface area contributed by atoms with Crippen molar-refractivity contribution in [1.29, 1.82) is 0 Å². The maximum absolute atomic E-state index is 11.6. The van der Waals surface area contributed by atoms with Crippen LogP contribution < -0.4 is 10.6 Å². The van der Waals surface area contributed by atoms with E-state index in [4.69, 9.17) is 9.47 Å². The first-order chi connectivity index (χ1) is 9.34. The van der Waals surface area contributed by atoms with E-state index in [9.17, 15) is 4.79 Å². The number of hydrogen-bond donors (Lipinski definition) is 2. The Bertz CT molecular complexity index is 318. The van der Waals surface area contributed by atoms with Crippen molar-refractivity contribution in [3.63, 3.8) is 0 Å². The van der Waals surface area contributed by atoms with Crippen LogP contribution in [0, 0.1) is 0 Å². The molecular weight excluding hydrogens is 280 g/mol. The molecule has 1 amide bonds. The summed E-state index contributed by atoms with van der Waals surface area (Å²) in [6, 6.07) is 0. The molecule has 1 atom stereocenters. The molecule has 0 aromatic heterocycles. The number of hydrogen-bond acceptors (Lipinski definition) is 4. The topological polar surface area (TPSA) is 59.6 Å². The van der Waals surface area contributed by atoms with Gasteiger partial charge in [-0.05, 0) is 25.8 Å². The molecule has 1 saturated heterocycles. The van der Waals surface area contributed by atoms with Crippen molar-refractivity contribution in [1.82, 2.24) is 10.6 Å². The summed E-state index contributed by atoms with van der Waals surface area (Å²) in [7, 11) is 0. The molecule has 2 aliphatic heterocycles. The van der Waals surface area contributed by atoms with E-state index in [0.29, 0.717) is 26.2 Å². The molecule has 0 radical (unpaired) electrons. The number of ether oxygens (including phenoxy) is 2. The van der Waals surface area contributed by atoms with E-state index in [1.807, 2.05) is 0 Å². The van der Waals surface area contributed by atoms with Gasteiger partial charge in [0.05, 0.1) is 19.3 Å². The molecule has 6 heteroatoms. The van der Waals surface area contributed by atoms with E-state index in [1.165, 1.54) is 5.57 Å². The summed E-state index contributed by atoms with van der Waals surface area (Å²) in [4.78, 5) is 11.6. The van der Waals surface area contributed by atoms with Crippen LogP contribution in [0.1, 0.15) is 25.7 Å². The molecule has 0 aromatic carbocycles. The molecule has 5 nitrogen and oxygen atoms in total. The number of carbonyl (C=O) groups excluding carboxylic acids is 1. The first kappa shape index (κ1) is 17.4. The van der Waals surface area contributed by atoms with Gasteiger partial charge in [-0.2, -0.15) is 0 Å². The lowest BCUT2D eigenvalue weighted by atomic mass is 10.1. The van der Waals surface area contributed by atoms with Crippen LogP contribution in [0.2, 0.25) is 0 Å². The van der Waals surface area contributed by atoms with Crippen molar-refractivity contribution >= 4 is 18.3 Å². The number of carbonyl (C=O) groups is 1. The lowest BCUT2D eigenvalue weighted by Crippen LogP contribution is -2.30. The van der Waals surface area contributed by atoms with E-state index in [0.717, 1.165) is 39.0 Å². The van der Waals surface area contributed by atoms with Crippen molar-refractivity contribution < 1.29 is 14.3 Å². The summed E-state index contributed by atoms with van der Waals surface area (Å²) in [5.41, 5.74) is 1.31. The molecule has 0 spiro atoms. The van der Waals surface area contributed by atoms with Gasteiger partial charge in [0.2, 0.25) is 5.91 Å². The van der Waals surface area contributed by atoms with Gasteiger partial charge in [0.1, 0.15) is 0 Å². The van der Waals surface area contributed by atoms with Crippen LogP contribution in [0.5, 0.6) is 0 Å². The monoisotopic (exact) mass is 304 g/mol. The Morgan fingerprint density at radius 1 is 1.55 bits per heavy atom. The Balaban J connectivity index is 0.00000200. The summed E-state index contributed by atoms with van der Waals surface area (Å²) < 4.78 is 10.9. The zero-order valence-corrected chi connectivity index (χ0v) is 12.7. The minimum absolute atomic E-state index is 0. The number of amides is 1. The van der Waals surface area contributed by atoms with Crippen LogP contribution in [0.15, 0.2) is 11.6 Å². The standard InChI is InChI=1S/C14H24N2O3.ClH/c17-14(16-10-12-3-6-15-7-4-12)5-9-18-11-13-2-1-8-19-13;/h3,13,15H,1-2,4-11H2,(H,16,17);1H. The first-order valence-corrected chi connectivity index (χ1v) is 7.19. The van der Waals surface area contributed by atoms with Crippen LogP contribution >= 0.6 is 12.4 Å². The predicted molar refractivity (Wildman–Crippen MR) is 80.2 cm³/mol. The van der Waals surface area contributed by atoms with Crippen molar-refractivity contribution in [3.05, 3.63) is 11.6 Å². The molecule has 116 valence electrons. The second-order valence-electron chi connectivity index (χ2n) is 5.05. The lowest BCUT2D eigenvalue weighted by Gasteiger charge is -2.14. The Hall–Kier alpha value is -0.620. The highest BCUT2D eigenvalue weighted by molar-refractivity contribution is 5.85. The SMILES string of the molecule is Cl.O=C(CCOCC1CCCO1)NCC1=CCNCC1. The molecule has 2 N–H and O–H groups in total. The molecule has 0 bridgehead atoms. The highest BCUT2D eigenvalue weighted by atomic mass is 35.5. The smallest absolute Gasteiger partial charge is 0.222 e. The summed E-state index contributed by atoms with van der Waals surface area (Å²) in [5, 5.41) is 6.18. The molecule has 0 aliphatic carbocycles. The lowest BCUT2D eigenvalue weighted by molar-refractivity contribution is -0.122. The van der Waals surface area contributed by atoms with Crippen LogP contribution in [-0.4, -0.2) is 51.5 Å². The minimum atomic E-state index is 0. The zero-order valence-electron chi connectivity index (χ0n) is 11.9. The fourth-order valence-electron chi connectivity index (χ4n) is 2.29. The fraction of sp³-hybridized carbons (Fsp3) is 0.786. The van der Waals surface area contributed by atoms with E-state index in [1.54, 1.807) is 0 Å². The summed E-state index contributed by atoms with van der Waals surface area (Å²) in [6.45, 7) is 4.53. The Morgan fingerprint density at radius 3 is 3.15 bits per heavy atom. The normalized spacial score (nSPS) is 22.0. The minimum Gasteiger partial charge on any atom is -0.378 e. The van der Waals surface area contributed by atoms with Gasteiger partial charge in [0, 0.05) is 26.1 Å². The van der Waals surface area contributed by atoms with Crippen molar-refractivity contribution in [2.24, 2.45) is 0 Å². The van der Waals surface area contributed by atoms with E-state index < -0.39 is 0 Å². The van der Waals surface area contributed by atoms with Crippen LogP contribution in [-0.2, 0) is 14.3 Å². The van der Waals surface area contributed by atoms with Crippen LogP contribution in [0.25, 0.3) is 0 Å². The van der Waals surface area contributed by atoms with Crippen molar-refractivity contribution in [2.75, 3.05) is 39.5 Å². The Labute approximate surface area is 126 Å². The maximum Gasteiger partial charge on any atom is 0.222 e. The zero-order chi connectivity index (χ0) is 13.3. The van der Waals surface area contributed by atoms with Gasteiger partial charge < -0.3 is 20.1 Å². The Kier molecular flexibility index (Phi) is 8.85. The van der Waals surface area contributed by atoms with Crippen LogP contribution in [0.4, 0.5) is 0 Å². The first-order valence-electron chi connectivity index (χ1n) is 7.19. The van der Waals surface area contributed by atoms with Gasteiger partial charge in [0.15, 0.2) is 0 Å². The fourth-order valence-corrected chi connectivity index (χ4v) is 2.29. The van der Waals surface area contributed by atoms with Crippen molar-refractivity contribution in [3.8, 4) is 0 Å². The van der Waals surface area contributed by atoms with E-state index in [2.05, 4.69) is 16.7 Å². The third-order valence-corrected chi connectivity index (χ3v) is 3.47. The second kappa shape index (κ2) is 10.2. The van der Waals surface area contributed by atoms with Crippen molar-refractivity contribution in [2.45, 2.75) is 31.8 Å². The van der Waals surface area contributed by atoms with Gasteiger partial charge in [-0.3, -0.25) is 4.79 Å². The van der Waals surface area contributed by atoms with Gasteiger partial charge in [-0.1, -0.05) is 11.6 Å². The molecule has 1 unspecified atom stereocenters. The highest BCUT2D eigenvalue weighted by Gasteiger charge is 2.15. The Morgan fingerprint density at radius 2 is 2.45 bits per heavy atom. The van der Waals surface area contributed by atoms with Gasteiger partial charge in [0.25, 0.3) is 0 Å². The van der Waals surface area contributed by atoms with Crippen LogP contribution in [0.3, 0.4) is 0 Å². The second-order valence-corrected chi connectivity index (χ2v) is 5.05. The third kappa shape index (κ3) is 6.70. The maximum atomic E-state index is 11.6. The average Bonchev–Trinajstić information content (AvgIpc) is 2.96. The third-order valence-electron chi connectivity index (χ3n) is 3.47. The largest absolute Gasteiger partial charge is 0.378 e. The summed E-state index contributed by atoms with van der Waals surface area (Å²) in [6.07, 6.45) is 6.04. The number of halogens is 1. The predicted octanol–water partition coefficient (Wildman–Crippen LogP) is 1.03. The molecule has 0 saturated carbocycles. The molecular formula is C14H25ClN2O3. The quantitative estimate of drug-likeness (QED) is 0.545. The summed E-state index contributed by atoms with van der Waals surface area (Å²) in [5.74, 6) is 0.0618. The average molecular weight is 305 g/mol. The van der Waals surface area contributed by atoms with Gasteiger partial charge in [-0.25, -0.2) is 0 Å². The molecule has 2 heterocycles. The number of nitrogens with one attached hydrogen (secondary N) is 2. The molecule has 20 heavy (non-hydrogen) atoms. The molecule has 2 rings (SSSR count). The number of rotatable bonds is 7.